The number of benzene rings is 8. The Morgan fingerprint density at radius 3 is 1.13 bits per heavy atom. The highest BCUT2D eigenvalue weighted by Crippen LogP contribution is 2.45. The number of ether oxygens (including phenoxy) is 4. The predicted molar refractivity (Wildman–Crippen MR) is 505 cm³/mol. The summed E-state index contributed by atoms with van der Waals surface area (Å²) in [6.45, 7) is -3.48. The number of imidazole rings is 2. The molecule has 0 spiro atoms. The maximum Gasteiger partial charge on any atom is 0.405 e. The quantitative estimate of drug-likeness (QED) is 0.0597. The molecule has 0 atom stereocenters. The molecule has 8 aromatic carbocycles. The molecule has 10 aromatic heterocycles. The number of carbonyl (C=O) groups is 4. The van der Waals surface area contributed by atoms with Crippen LogP contribution in [0.25, 0.3) is 65.7 Å². The zero-order valence-electron chi connectivity index (χ0n) is 78.0. The lowest BCUT2D eigenvalue weighted by atomic mass is 10.1. The van der Waals surface area contributed by atoms with Gasteiger partial charge in [-0.2, -0.15) is 66.7 Å². The van der Waals surface area contributed by atoms with Gasteiger partial charge in [-0.3, -0.25) is 38.3 Å². The Labute approximate surface area is 796 Å². The van der Waals surface area contributed by atoms with Gasteiger partial charge in [-0.05, 0) is 170 Å². The number of amides is 8. The molecule has 718 valence electrons. The highest BCUT2D eigenvalue weighted by molar-refractivity contribution is 6.15. The second-order valence-corrected chi connectivity index (χ2v) is 32.6. The number of rotatable bonds is 20. The van der Waals surface area contributed by atoms with Crippen LogP contribution in [0.3, 0.4) is 0 Å². The lowest BCUT2D eigenvalue weighted by Gasteiger charge is -2.36. The minimum absolute atomic E-state index is 0.0229. The zero-order valence-corrected chi connectivity index (χ0v) is 75.0. The third kappa shape index (κ3) is 19.5. The fraction of sp³-hybridized carbons (Fsp3) is 0.200. The molecule has 0 saturated heterocycles. The summed E-state index contributed by atoms with van der Waals surface area (Å²) < 4.78 is 178. The molecule has 4 aliphatic heterocycles. The molecule has 4 aliphatic rings. The van der Waals surface area contributed by atoms with Crippen LogP contribution in [0.5, 0.6) is 23.3 Å². The Kier molecular flexibility index (Phi) is 23.7. The second kappa shape index (κ2) is 37.7. The van der Waals surface area contributed by atoms with Gasteiger partial charge in [-0.15, -0.1) is 0 Å². The zero-order chi connectivity index (χ0) is 101. The summed E-state index contributed by atoms with van der Waals surface area (Å²) >= 11 is 0. The molecular formula is C95H80F10N28O8. The lowest BCUT2D eigenvalue weighted by molar-refractivity contribution is -0.116. The number of H-pyrrole nitrogens is 1. The molecule has 0 radical (unpaired) electrons. The molecule has 14 heterocycles. The van der Waals surface area contributed by atoms with E-state index in [-0.39, 0.29) is 79.3 Å². The van der Waals surface area contributed by atoms with Crippen molar-refractivity contribution in [1.29, 1.82) is 0 Å². The van der Waals surface area contributed by atoms with Gasteiger partial charge in [0, 0.05) is 151 Å². The molecule has 0 saturated carbocycles. The van der Waals surface area contributed by atoms with E-state index in [1.165, 1.54) is 74.3 Å². The standard InChI is InChI=1S/C25H21F2N7O2.C24H19F2N7O2.2C23H20F3N7O2/c1-31-14-28-20-10-18(5-7-21(20)31)34-24-15(3-8-23(29-24)36-13-22(26)27)12-33(25(34)35)17-4-6-19-16(9-17)11-32(2)30-19;1-31-10-15-8-16(3-5-18(15)30-31)32-11-14-2-7-22(35-12-21(25)26)29-23(14)33(24(32)34)17-4-6-19-20(9-17)28-13-27-19;2*1-31-11-14-9-17(5-8-19(14)30-31)32-12-15-10-27-21(28-13-23(24,25)26)29-20(15)33(22(32)34)16-3-6-18(35-2)7-4-16/h3-11,14,22H,12-13H2,1-2H3;2-10,13,21H,11-12H2,1H3,(H,27,28);2*3-11H,12-13H2,1-2H3,(H,27,28,29)/i;;2D3;. The van der Waals surface area contributed by atoms with Gasteiger partial charge in [0.05, 0.1) is 124 Å². The van der Waals surface area contributed by atoms with Gasteiger partial charge < -0.3 is 39.1 Å². The fourth-order valence-electron chi connectivity index (χ4n) is 16.4. The van der Waals surface area contributed by atoms with Crippen LogP contribution < -0.4 is 68.8 Å². The van der Waals surface area contributed by atoms with Crippen molar-refractivity contribution < 1.29 is 86.1 Å². The monoisotopic (exact) mass is 1930 g/mol. The number of carbonyl (C=O) groups excluding carboxylic acids is 4. The van der Waals surface area contributed by atoms with E-state index in [4.69, 9.17) is 23.1 Å². The summed E-state index contributed by atoms with van der Waals surface area (Å²) in [5.74, 6) is 1.13. The molecule has 36 nitrogen and oxygen atoms in total. The second-order valence-electron chi connectivity index (χ2n) is 32.6. The molecule has 141 heavy (non-hydrogen) atoms. The third-order valence-electron chi connectivity index (χ3n) is 22.8. The molecule has 18 aromatic rings. The van der Waals surface area contributed by atoms with Crippen LogP contribution in [0.1, 0.15) is 26.4 Å². The van der Waals surface area contributed by atoms with Crippen molar-refractivity contribution in [2.24, 2.45) is 35.2 Å². The predicted octanol–water partition coefficient (Wildman–Crippen LogP) is 18.8. The highest BCUT2D eigenvalue weighted by Gasteiger charge is 2.41. The largest absolute Gasteiger partial charge is 0.497 e. The molecule has 22 rings (SSSR count). The van der Waals surface area contributed by atoms with Crippen LogP contribution in [0.2, 0.25) is 0 Å². The molecule has 8 amide bonds. The number of urea groups is 4. The average molecular weight is 1930 g/mol. The van der Waals surface area contributed by atoms with Crippen molar-refractivity contribution in [2.45, 2.75) is 51.4 Å². The van der Waals surface area contributed by atoms with Crippen molar-refractivity contribution in [2.75, 3.05) is 90.3 Å². The van der Waals surface area contributed by atoms with E-state index >= 15 is 0 Å². The van der Waals surface area contributed by atoms with Gasteiger partial charge >= 0.3 is 36.5 Å². The first-order valence-electron chi connectivity index (χ1n) is 44.5. The SMILES string of the molecule is COc1ccc(N2C(=O)N(c3ccc4nn(C)cc4c3)Cc3cnc(NCC(F)(F)F)nc32)cc1.Cn1cc2cc(N3Cc4ccc(OCC(F)F)nc4N(c4ccc5c(c4)ncn5C)C3=O)ccc2n1.Cn1cc2cc(N3Cc4ccc(OCC(F)F)nc4N(c4ccc5nc[nH]c5c4)C3=O)ccc2n1.[2H]C([2H])([2H])Oc1ccc(N2C(=O)N(c3ccc4nn(C)cc4c3)Cc3cnc(NCC(F)(F)F)nc32)cc1. The van der Waals surface area contributed by atoms with E-state index in [1.54, 1.807) is 144 Å². The molecule has 0 unspecified atom stereocenters. The minimum Gasteiger partial charge on any atom is -0.497 e. The first kappa shape index (κ1) is 88.5. The van der Waals surface area contributed by atoms with Crippen molar-refractivity contribution in [3.8, 4) is 23.3 Å². The van der Waals surface area contributed by atoms with Crippen LogP contribution in [-0.4, -0.2) is 178 Å². The Balaban J connectivity index is 0.000000122. The van der Waals surface area contributed by atoms with E-state index in [0.29, 0.717) is 79.5 Å². The number of hydrogen-bond donors (Lipinski definition) is 3. The number of methoxy groups -OCH3 is 2. The Bertz CT molecular complexity index is 7960. The fourth-order valence-corrected chi connectivity index (χ4v) is 16.4. The number of alkyl halides is 10. The number of aromatic nitrogens is 18. The number of fused-ring (bicyclic) bond motifs is 10. The number of nitrogens with zero attached hydrogens (tertiary/aromatic N) is 25. The molecule has 0 fully saturated rings. The summed E-state index contributed by atoms with van der Waals surface area (Å²) in [6, 6.07) is 50.3. The van der Waals surface area contributed by atoms with E-state index < -0.39 is 70.6 Å². The van der Waals surface area contributed by atoms with Gasteiger partial charge in [0.1, 0.15) is 36.2 Å². The number of aromatic amines is 1. The number of nitrogens with one attached hydrogen (secondary N) is 3. The topological polar surface area (TPSA) is 350 Å². The summed E-state index contributed by atoms with van der Waals surface area (Å²) in [5.41, 5.74) is 13.3. The molecule has 0 bridgehead atoms. The van der Waals surface area contributed by atoms with E-state index in [9.17, 15) is 63.1 Å². The summed E-state index contributed by atoms with van der Waals surface area (Å²) in [4.78, 5) is 104. The van der Waals surface area contributed by atoms with Gasteiger partial charge in [0.15, 0.2) is 24.8 Å². The van der Waals surface area contributed by atoms with Crippen LogP contribution in [-0.2, 0) is 61.4 Å². The number of anilines is 14. The van der Waals surface area contributed by atoms with Crippen LogP contribution in [0, 0.1) is 0 Å². The van der Waals surface area contributed by atoms with Crippen molar-refractivity contribution in [3.63, 3.8) is 0 Å². The number of halogens is 10. The summed E-state index contributed by atoms with van der Waals surface area (Å²) in [7, 11) is 8.04. The van der Waals surface area contributed by atoms with Crippen molar-refractivity contribution >= 4 is 170 Å². The maximum atomic E-state index is 14.0. The first-order chi connectivity index (χ1) is 68.9. The van der Waals surface area contributed by atoms with Crippen LogP contribution in [0.4, 0.5) is 144 Å². The van der Waals surface area contributed by atoms with E-state index in [2.05, 4.69) is 75.9 Å². The van der Waals surface area contributed by atoms with Gasteiger partial charge in [0.25, 0.3) is 12.9 Å². The molecule has 0 aliphatic carbocycles. The van der Waals surface area contributed by atoms with Gasteiger partial charge in [-0.1, -0.05) is 0 Å². The average Bonchev–Trinajstić information content (AvgIpc) is 1.03. The van der Waals surface area contributed by atoms with Gasteiger partial charge in [-0.25, -0.2) is 76.3 Å². The Morgan fingerprint density at radius 2 is 0.745 bits per heavy atom. The normalized spacial score (nSPS) is 14.2. The maximum absolute atomic E-state index is 14.0. The van der Waals surface area contributed by atoms with Crippen molar-refractivity contribution in [3.05, 3.63) is 254 Å². The summed E-state index contributed by atoms with van der Waals surface area (Å²) in [6.07, 6.45) is -0.690. The van der Waals surface area contributed by atoms with Crippen LogP contribution in [0.15, 0.2) is 232 Å². The highest BCUT2D eigenvalue weighted by atomic mass is 19.4. The molecular weight excluding hydrogens is 1850 g/mol. The lowest BCUT2D eigenvalue weighted by Crippen LogP contribution is -2.45. The summed E-state index contributed by atoms with van der Waals surface area (Å²) in [5, 5.41) is 25.3. The van der Waals surface area contributed by atoms with Crippen molar-refractivity contribution in [1.82, 2.24) is 88.5 Å². The molecule has 3 N–H and O–H groups in total. The number of aryl methyl sites for hydroxylation is 5. The Morgan fingerprint density at radius 1 is 0.390 bits per heavy atom. The van der Waals surface area contributed by atoms with E-state index in [0.717, 1.165) is 71.3 Å². The minimum atomic E-state index is -4.49. The number of hydrogen-bond acceptors (Lipinski definition) is 22. The van der Waals surface area contributed by atoms with Gasteiger partial charge in [0.2, 0.25) is 23.7 Å². The Hall–Kier alpha value is -17.8. The first-order valence-corrected chi connectivity index (χ1v) is 43.0. The van der Waals surface area contributed by atoms with E-state index in [1.807, 2.05) is 118 Å². The smallest absolute Gasteiger partial charge is 0.405 e. The third-order valence-corrected chi connectivity index (χ3v) is 22.8. The van der Waals surface area contributed by atoms with Crippen LogP contribution >= 0.6 is 0 Å². The molecule has 46 heteroatoms. The number of pyridine rings is 2.